The molecule has 2 aliphatic heterocycles. The Morgan fingerprint density at radius 3 is 2.44 bits per heavy atom. The van der Waals surface area contributed by atoms with Crippen molar-refractivity contribution in [2.75, 3.05) is 52.6 Å². The second-order valence-electron chi connectivity index (χ2n) is 8.82. The van der Waals surface area contributed by atoms with E-state index in [1.165, 1.54) is 0 Å². The summed E-state index contributed by atoms with van der Waals surface area (Å²) in [6.07, 6.45) is 0.861. The van der Waals surface area contributed by atoms with Gasteiger partial charge in [0.1, 0.15) is 17.3 Å². The number of nitrogens with zero attached hydrogens (tertiary/aromatic N) is 2. The van der Waals surface area contributed by atoms with Crippen LogP contribution in [0.4, 0.5) is 0 Å². The first-order valence-electron chi connectivity index (χ1n) is 12.6. The predicted molar refractivity (Wildman–Crippen MR) is 136 cm³/mol. The Morgan fingerprint density at radius 2 is 1.75 bits per heavy atom. The molecule has 8 heteroatoms. The van der Waals surface area contributed by atoms with Crippen molar-refractivity contribution >= 4 is 17.4 Å². The Morgan fingerprint density at radius 1 is 1.00 bits per heavy atom. The summed E-state index contributed by atoms with van der Waals surface area (Å²) >= 11 is 0. The van der Waals surface area contributed by atoms with Gasteiger partial charge >= 0.3 is 0 Å². The fourth-order valence-electron chi connectivity index (χ4n) is 4.56. The monoisotopic (exact) mass is 494 g/mol. The van der Waals surface area contributed by atoms with Crippen molar-refractivity contribution in [1.82, 2.24) is 9.80 Å². The third-order valence-electron chi connectivity index (χ3n) is 6.39. The summed E-state index contributed by atoms with van der Waals surface area (Å²) in [6, 6.07) is 13.6. The van der Waals surface area contributed by atoms with Crippen molar-refractivity contribution < 1.29 is 28.9 Å². The smallest absolute Gasteiger partial charge is 0.295 e. The fraction of sp³-hybridized carbons (Fsp3) is 0.429. The van der Waals surface area contributed by atoms with Gasteiger partial charge in [-0.05, 0) is 55.3 Å². The maximum absolute atomic E-state index is 13.3. The fourth-order valence-corrected chi connectivity index (χ4v) is 4.56. The molecule has 0 spiro atoms. The molecule has 0 saturated carbocycles. The van der Waals surface area contributed by atoms with E-state index in [0.717, 1.165) is 25.1 Å². The highest BCUT2D eigenvalue weighted by Gasteiger charge is 2.46. The maximum Gasteiger partial charge on any atom is 0.295 e. The number of aliphatic hydroxyl groups is 1. The van der Waals surface area contributed by atoms with Gasteiger partial charge in [-0.25, -0.2) is 0 Å². The average molecular weight is 495 g/mol. The minimum absolute atomic E-state index is 0.0822. The van der Waals surface area contributed by atoms with Gasteiger partial charge < -0.3 is 24.2 Å². The minimum atomic E-state index is -0.720. The van der Waals surface area contributed by atoms with E-state index in [1.807, 2.05) is 38.1 Å². The zero-order valence-electron chi connectivity index (χ0n) is 20.9. The molecule has 0 unspecified atom stereocenters. The van der Waals surface area contributed by atoms with Crippen molar-refractivity contribution in [2.24, 2.45) is 0 Å². The summed E-state index contributed by atoms with van der Waals surface area (Å²) in [5.41, 5.74) is 1.25. The Balaban J connectivity index is 1.71. The van der Waals surface area contributed by atoms with Crippen LogP contribution in [0.2, 0.25) is 0 Å². The molecule has 1 atom stereocenters. The van der Waals surface area contributed by atoms with Crippen molar-refractivity contribution in [3.8, 4) is 11.5 Å². The molecule has 2 fully saturated rings. The topological polar surface area (TPSA) is 88.5 Å². The summed E-state index contributed by atoms with van der Waals surface area (Å²) in [5, 5.41) is 11.3. The molecule has 2 aromatic rings. The van der Waals surface area contributed by atoms with Gasteiger partial charge in [0.25, 0.3) is 11.7 Å². The van der Waals surface area contributed by atoms with Gasteiger partial charge in [0, 0.05) is 31.7 Å². The summed E-state index contributed by atoms with van der Waals surface area (Å²) in [7, 11) is 0. The molecule has 2 heterocycles. The minimum Gasteiger partial charge on any atom is -0.507 e. The number of ketones is 1. The first-order valence-corrected chi connectivity index (χ1v) is 12.6. The molecule has 0 aromatic heterocycles. The number of carbonyl (C=O) groups is 2. The third kappa shape index (κ3) is 5.71. The van der Waals surface area contributed by atoms with Crippen LogP contribution in [-0.2, 0) is 14.3 Å². The number of carbonyl (C=O) groups excluding carboxylic acids is 2. The van der Waals surface area contributed by atoms with Crippen molar-refractivity contribution in [2.45, 2.75) is 26.3 Å². The lowest BCUT2D eigenvalue weighted by molar-refractivity contribution is -0.140. The van der Waals surface area contributed by atoms with Crippen LogP contribution in [-0.4, -0.2) is 79.2 Å². The Hall–Kier alpha value is -3.36. The maximum atomic E-state index is 13.3. The van der Waals surface area contributed by atoms with E-state index in [4.69, 9.17) is 14.2 Å². The van der Waals surface area contributed by atoms with E-state index in [1.54, 1.807) is 29.2 Å². The molecular weight excluding hydrogens is 460 g/mol. The van der Waals surface area contributed by atoms with Crippen LogP contribution in [0.3, 0.4) is 0 Å². The van der Waals surface area contributed by atoms with Crippen molar-refractivity contribution in [3.05, 3.63) is 65.2 Å². The number of rotatable bonds is 10. The van der Waals surface area contributed by atoms with E-state index in [0.29, 0.717) is 56.6 Å². The average Bonchev–Trinajstić information content (AvgIpc) is 3.16. The van der Waals surface area contributed by atoms with Crippen LogP contribution in [0.1, 0.15) is 37.4 Å². The number of benzene rings is 2. The highest BCUT2D eigenvalue weighted by Crippen LogP contribution is 2.40. The second-order valence-corrected chi connectivity index (χ2v) is 8.82. The van der Waals surface area contributed by atoms with E-state index in [2.05, 4.69) is 4.90 Å². The molecule has 4 rings (SSSR count). The van der Waals surface area contributed by atoms with Crippen LogP contribution in [0.15, 0.2) is 54.1 Å². The van der Waals surface area contributed by atoms with Crippen LogP contribution in [0.5, 0.6) is 11.5 Å². The van der Waals surface area contributed by atoms with Gasteiger partial charge in [-0.15, -0.1) is 0 Å². The SMILES string of the molecule is CCCOc1cccc([C@H]2/C(=C(\O)c3ccc(OCC)cc3)C(=O)C(=O)N2CCN2CCOCC2)c1. The summed E-state index contributed by atoms with van der Waals surface area (Å²) in [4.78, 5) is 30.3. The molecule has 0 bridgehead atoms. The van der Waals surface area contributed by atoms with Gasteiger partial charge in [0.15, 0.2) is 0 Å². The molecule has 192 valence electrons. The van der Waals surface area contributed by atoms with Crippen LogP contribution in [0, 0.1) is 0 Å². The number of aliphatic hydroxyl groups excluding tert-OH is 1. The number of Topliss-reactive ketones (excluding diaryl/α,β-unsaturated/α-hetero) is 1. The molecule has 2 saturated heterocycles. The summed E-state index contributed by atoms with van der Waals surface area (Å²) in [5.74, 6) is -0.171. The van der Waals surface area contributed by atoms with Crippen molar-refractivity contribution in [1.29, 1.82) is 0 Å². The number of ether oxygens (including phenoxy) is 3. The molecule has 0 radical (unpaired) electrons. The quantitative estimate of drug-likeness (QED) is 0.307. The van der Waals surface area contributed by atoms with E-state index in [9.17, 15) is 14.7 Å². The lowest BCUT2D eigenvalue weighted by atomic mass is 9.95. The number of amides is 1. The van der Waals surface area contributed by atoms with Crippen molar-refractivity contribution in [3.63, 3.8) is 0 Å². The van der Waals surface area contributed by atoms with E-state index >= 15 is 0 Å². The molecule has 1 N–H and O–H groups in total. The highest BCUT2D eigenvalue weighted by atomic mass is 16.5. The Labute approximate surface area is 212 Å². The lowest BCUT2D eigenvalue weighted by Crippen LogP contribution is -2.42. The third-order valence-corrected chi connectivity index (χ3v) is 6.39. The number of hydrogen-bond acceptors (Lipinski definition) is 7. The van der Waals surface area contributed by atoms with Crippen LogP contribution in [0.25, 0.3) is 5.76 Å². The first kappa shape index (κ1) is 25.7. The molecule has 2 aromatic carbocycles. The number of hydrogen-bond donors (Lipinski definition) is 1. The van der Waals surface area contributed by atoms with E-state index < -0.39 is 17.7 Å². The molecule has 8 nitrogen and oxygen atoms in total. The van der Waals surface area contributed by atoms with Gasteiger partial charge in [-0.1, -0.05) is 19.1 Å². The standard InChI is InChI=1S/C28H34N2O6/c1-3-16-36-23-7-5-6-21(19-23)25-24(26(31)20-8-10-22(11-9-20)35-4-2)27(32)28(33)30(25)13-12-29-14-17-34-18-15-29/h5-11,19,25,31H,3-4,12-18H2,1-2H3/b26-24+/t25-/m0/s1. The largest absolute Gasteiger partial charge is 0.507 e. The summed E-state index contributed by atoms with van der Waals surface area (Å²) < 4.78 is 16.7. The number of likely N-dealkylation sites (tertiary alicyclic amines) is 1. The lowest BCUT2D eigenvalue weighted by Gasteiger charge is -2.31. The van der Waals surface area contributed by atoms with Gasteiger partial charge in [-0.3, -0.25) is 14.5 Å². The second kappa shape index (κ2) is 12.1. The molecular formula is C28H34N2O6. The van der Waals surface area contributed by atoms with Gasteiger partial charge in [-0.2, -0.15) is 0 Å². The molecule has 1 amide bonds. The molecule has 2 aliphatic rings. The molecule has 0 aliphatic carbocycles. The van der Waals surface area contributed by atoms with E-state index in [-0.39, 0.29) is 11.3 Å². The Bertz CT molecular complexity index is 1090. The Kier molecular flexibility index (Phi) is 8.61. The highest BCUT2D eigenvalue weighted by molar-refractivity contribution is 6.46. The molecule has 36 heavy (non-hydrogen) atoms. The van der Waals surface area contributed by atoms with Gasteiger partial charge in [0.05, 0.1) is 38.0 Å². The predicted octanol–water partition coefficient (Wildman–Crippen LogP) is 3.63. The van der Waals surface area contributed by atoms with Crippen LogP contribution < -0.4 is 9.47 Å². The summed E-state index contributed by atoms with van der Waals surface area (Å²) in [6.45, 7) is 8.84. The number of morpholine rings is 1. The normalized spacial score (nSPS) is 20.1. The van der Waals surface area contributed by atoms with Gasteiger partial charge in [0.2, 0.25) is 0 Å². The first-order chi connectivity index (χ1) is 17.5. The van der Waals surface area contributed by atoms with Crippen LogP contribution >= 0.6 is 0 Å². The zero-order valence-corrected chi connectivity index (χ0v) is 20.9. The zero-order chi connectivity index (χ0) is 25.5.